The van der Waals surface area contributed by atoms with Gasteiger partial charge in [-0.25, -0.2) is 4.39 Å². The van der Waals surface area contributed by atoms with Crippen LogP contribution in [0.3, 0.4) is 0 Å². The summed E-state index contributed by atoms with van der Waals surface area (Å²) in [4.78, 5) is 4.16. The van der Waals surface area contributed by atoms with Gasteiger partial charge in [0.2, 0.25) is 5.89 Å². The van der Waals surface area contributed by atoms with E-state index in [1.54, 1.807) is 25.1 Å². The van der Waals surface area contributed by atoms with Crippen molar-refractivity contribution in [2.24, 2.45) is 0 Å². The molecule has 1 aromatic heterocycles. The van der Waals surface area contributed by atoms with E-state index >= 15 is 0 Å². The highest BCUT2D eigenvalue weighted by Gasteiger charge is 2.10. The molecule has 0 radical (unpaired) electrons. The van der Waals surface area contributed by atoms with Crippen LogP contribution < -0.4 is 0 Å². The first kappa shape index (κ1) is 12.7. The fraction of sp³-hybridized carbons (Fsp3) is 0.385. The van der Waals surface area contributed by atoms with E-state index in [-0.39, 0.29) is 5.82 Å². The van der Waals surface area contributed by atoms with Gasteiger partial charge in [-0.05, 0) is 25.0 Å². The minimum absolute atomic E-state index is 0.271. The summed E-state index contributed by atoms with van der Waals surface area (Å²) < 4.78 is 18.4. The monoisotopic (exact) mass is 250 g/mol. The number of benzene rings is 1. The van der Waals surface area contributed by atoms with Gasteiger partial charge in [-0.2, -0.15) is 4.98 Å². The zero-order valence-electron chi connectivity index (χ0n) is 10.1. The Balaban J connectivity index is 2.00. The Kier molecular flexibility index (Phi) is 4.04. The summed E-state index contributed by atoms with van der Waals surface area (Å²) in [5, 5.41) is 12.9. The normalized spacial score (nSPS) is 12.6. The van der Waals surface area contributed by atoms with Crippen LogP contribution in [-0.2, 0) is 12.8 Å². The first-order valence-electron chi connectivity index (χ1n) is 5.88. The first-order chi connectivity index (χ1) is 8.65. The topological polar surface area (TPSA) is 59.2 Å². The van der Waals surface area contributed by atoms with E-state index in [2.05, 4.69) is 10.1 Å². The highest BCUT2D eigenvalue weighted by atomic mass is 19.1. The fourth-order valence-electron chi connectivity index (χ4n) is 1.61. The number of aliphatic hydroxyl groups excluding tert-OH is 1. The molecular weight excluding hydrogens is 235 g/mol. The second-order valence-corrected chi connectivity index (χ2v) is 4.26. The van der Waals surface area contributed by atoms with Crippen LogP contribution in [0.4, 0.5) is 4.39 Å². The van der Waals surface area contributed by atoms with E-state index in [1.807, 2.05) is 0 Å². The fourth-order valence-corrected chi connectivity index (χ4v) is 1.61. The first-order valence-corrected chi connectivity index (χ1v) is 5.88. The molecule has 96 valence electrons. The van der Waals surface area contributed by atoms with Gasteiger partial charge < -0.3 is 9.63 Å². The molecular formula is C13H15FN2O2. The molecule has 1 atom stereocenters. The van der Waals surface area contributed by atoms with Crippen molar-refractivity contribution >= 4 is 0 Å². The van der Waals surface area contributed by atoms with Gasteiger partial charge in [0.1, 0.15) is 5.82 Å². The van der Waals surface area contributed by atoms with Gasteiger partial charge in [0.05, 0.1) is 6.10 Å². The quantitative estimate of drug-likeness (QED) is 0.883. The van der Waals surface area contributed by atoms with Crippen LogP contribution in [-0.4, -0.2) is 21.4 Å². The van der Waals surface area contributed by atoms with Crippen LogP contribution in [0, 0.1) is 5.82 Å². The molecule has 18 heavy (non-hydrogen) atoms. The molecule has 2 rings (SSSR count). The molecule has 0 bridgehead atoms. The Morgan fingerprint density at radius 1 is 1.39 bits per heavy atom. The van der Waals surface area contributed by atoms with Gasteiger partial charge in [0.25, 0.3) is 0 Å². The number of aryl methyl sites for hydroxylation is 1. The van der Waals surface area contributed by atoms with Crippen LogP contribution in [0.15, 0.2) is 28.8 Å². The number of rotatable bonds is 5. The molecule has 0 amide bonds. The molecule has 0 saturated heterocycles. The Morgan fingerprint density at radius 3 is 2.89 bits per heavy atom. The summed E-state index contributed by atoms with van der Waals surface area (Å²) in [5.74, 6) is 0.663. The molecule has 0 aliphatic heterocycles. The van der Waals surface area contributed by atoms with E-state index in [0.717, 1.165) is 0 Å². The van der Waals surface area contributed by atoms with Crippen molar-refractivity contribution in [3.63, 3.8) is 0 Å². The predicted molar refractivity (Wildman–Crippen MR) is 63.5 cm³/mol. The summed E-state index contributed by atoms with van der Waals surface area (Å²) >= 11 is 0. The molecule has 5 heteroatoms. The van der Waals surface area contributed by atoms with Crippen LogP contribution in [0.25, 0.3) is 0 Å². The van der Waals surface area contributed by atoms with Crippen LogP contribution in [0.1, 0.15) is 30.6 Å². The Hall–Kier alpha value is -1.75. The van der Waals surface area contributed by atoms with E-state index in [0.29, 0.717) is 36.5 Å². The van der Waals surface area contributed by atoms with Gasteiger partial charge in [0, 0.05) is 12.8 Å². The Labute approximate surface area is 104 Å². The molecule has 0 aliphatic carbocycles. The van der Waals surface area contributed by atoms with Gasteiger partial charge in [-0.1, -0.05) is 23.4 Å². The number of hydrogen-bond acceptors (Lipinski definition) is 4. The Morgan fingerprint density at radius 2 is 2.17 bits per heavy atom. The molecule has 1 heterocycles. The maximum absolute atomic E-state index is 13.4. The average Bonchev–Trinajstić information content (AvgIpc) is 2.77. The minimum atomic E-state index is -0.396. The van der Waals surface area contributed by atoms with E-state index in [9.17, 15) is 4.39 Å². The third-order valence-electron chi connectivity index (χ3n) is 2.59. The van der Waals surface area contributed by atoms with Crippen LogP contribution >= 0.6 is 0 Å². The van der Waals surface area contributed by atoms with Crippen molar-refractivity contribution in [2.45, 2.75) is 32.3 Å². The van der Waals surface area contributed by atoms with Crippen molar-refractivity contribution in [3.8, 4) is 0 Å². The molecule has 0 spiro atoms. The SMILES string of the molecule is CC(O)CCc1nc(Cc2ccccc2F)no1. The number of hydrogen-bond donors (Lipinski definition) is 1. The molecule has 0 aliphatic rings. The predicted octanol–water partition coefficient (Wildman–Crippen LogP) is 2.11. The van der Waals surface area contributed by atoms with Crippen molar-refractivity contribution in [1.82, 2.24) is 10.1 Å². The maximum Gasteiger partial charge on any atom is 0.226 e. The third-order valence-corrected chi connectivity index (χ3v) is 2.59. The highest BCUT2D eigenvalue weighted by molar-refractivity contribution is 5.20. The van der Waals surface area contributed by atoms with Crippen molar-refractivity contribution in [1.29, 1.82) is 0 Å². The summed E-state index contributed by atoms with van der Waals surface area (Å²) in [6, 6.07) is 6.51. The molecule has 0 saturated carbocycles. The number of nitrogens with zero attached hydrogens (tertiary/aromatic N) is 2. The van der Waals surface area contributed by atoms with Gasteiger partial charge >= 0.3 is 0 Å². The van der Waals surface area contributed by atoms with E-state index < -0.39 is 6.10 Å². The lowest BCUT2D eigenvalue weighted by Gasteiger charge is -1.98. The lowest BCUT2D eigenvalue weighted by Crippen LogP contribution is -2.01. The molecule has 4 nitrogen and oxygen atoms in total. The third kappa shape index (κ3) is 3.37. The van der Waals surface area contributed by atoms with Gasteiger partial charge in [-0.15, -0.1) is 0 Å². The maximum atomic E-state index is 13.4. The second-order valence-electron chi connectivity index (χ2n) is 4.26. The lowest BCUT2D eigenvalue weighted by molar-refractivity contribution is 0.180. The van der Waals surface area contributed by atoms with E-state index in [4.69, 9.17) is 9.63 Å². The molecule has 1 unspecified atom stereocenters. The lowest BCUT2D eigenvalue weighted by atomic mass is 10.1. The summed E-state index contributed by atoms with van der Waals surface area (Å²) in [5.41, 5.74) is 0.542. The van der Waals surface area contributed by atoms with Crippen molar-refractivity contribution < 1.29 is 14.0 Å². The summed E-state index contributed by atoms with van der Waals surface area (Å²) in [7, 11) is 0. The smallest absolute Gasteiger partial charge is 0.226 e. The highest BCUT2D eigenvalue weighted by Crippen LogP contribution is 2.11. The van der Waals surface area contributed by atoms with Crippen molar-refractivity contribution in [2.75, 3.05) is 0 Å². The number of aromatic nitrogens is 2. The largest absolute Gasteiger partial charge is 0.393 e. The zero-order valence-corrected chi connectivity index (χ0v) is 10.1. The van der Waals surface area contributed by atoms with Gasteiger partial charge in [0.15, 0.2) is 5.82 Å². The van der Waals surface area contributed by atoms with E-state index in [1.165, 1.54) is 6.07 Å². The standard InChI is InChI=1S/C13H15FN2O2/c1-9(17)6-7-13-15-12(16-18-13)8-10-4-2-3-5-11(10)14/h2-5,9,17H,6-8H2,1H3. The molecule has 0 fully saturated rings. The average molecular weight is 250 g/mol. The second kappa shape index (κ2) is 5.73. The molecule has 2 aromatic rings. The number of aliphatic hydroxyl groups is 1. The molecule has 1 N–H and O–H groups in total. The van der Waals surface area contributed by atoms with Crippen molar-refractivity contribution in [3.05, 3.63) is 47.4 Å². The minimum Gasteiger partial charge on any atom is -0.393 e. The van der Waals surface area contributed by atoms with Crippen LogP contribution in [0.5, 0.6) is 0 Å². The number of halogens is 1. The molecule has 1 aromatic carbocycles. The Bertz CT molecular complexity index is 511. The zero-order chi connectivity index (χ0) is 13.0. The summed E-state index contributed by atoms with van der Waals surface area (Å²) in [6.07, 6.45) is 1.01. The van der Waals surface area contributed by atoms with Gasteiger partial charge in [-0.3, -0.25) is 0 Å². The summed E-state index contributed by atoms with van der Waals surface area (Å²) in [6.45, 7) is 1.70. The van der Waals surface area contributed by atoms with Crippen LogP contribution in [0.2, 0.25) is 0 Å².